The molecule has 0 aromatic heterocycles. The van der Waals surface area contributed by atoms with Gasteiger partial charge in [-0.2, -0.15) is 0 Å². The van der Waals surface area contributed by atoms with E-state index in [1.807, 2.05) is 24.3 Å². The van der Waals surface area contributed by atoms with Crippen LogP contribution in [0.4, 0.5) is 0 Å². The van der Waals surface area contributed by atoms with Crippen LogP contribution in [0.3, 0.4) is 0 Å². The zero-order valence-corrected chi connectivity index (χ0v) is 15.3. The molecule has 3 aliphatic heterocycles. The van der Waals surface area contributed by atoms with E-state index in [-0.39, 0.29) is 0 Å². The maximum Gasteiger partial charge on any atom is 0.0406 e. The van der Waals surface area contributed by atoms with Crippen molar-refractivity contribution in [2.24, 2.45) is 5.92 Å². The van der Waals surface area contributed by atoms with Crippen LogP contribution in [0.2, 0.25) is 10.0 Å². The molecule has 0 saturated carbocycles. The van der Waals surface area contributed by atoms with Crippen LogP contribution in [0, 0.1) is 5.92 Å². The van der Waals surface area contributed by atoms with Crippen molar-refractivity contribution >= 4 is 23.2 Å². The monoisotopic (exact) mass is 359 g/mol. The van der Waals surface area contributed by atoms with Crippen molar-refractivity contribution in [3.8, 4) is 0 Å². The van der Waals surface area contributed by atoms with Gasteiger partial charge in [0.1, 0.15) is 0 Å². The first-order valence-electron chi connectivity index (χ1n) is 8.94. The average molecular weight is 360 g/mol. The molecule has 0 N–H and O–H groups in total. The Morgan fingerprint density at radius 1 is 0.833 bits per heavy atom. The number of piperidine rings is 3. The first-order valence-corrected chi connectivity index (χ1v) is 9.69. The zero-order valence-electron chi connectivity index (χ0n) is 13.8. The van der Waals surface area contributed by atoms with Gasteiger partial charge in [0.05, 0.1) is 0 Å². The highest BCUT2D eigenvalue weighted by Crippen LogP contribution is 2.39. The third kappa shape index (κ3) is 3.49. The van der Waals surface area contributed by atoms with Crippen molar-refractivity contribution in [1.82, 2.24) is 4.90 Å². The van der Waals surface area contributed by atoms with Crippen LogP contribution in [0.1, 0.15) is 42.7 Å². The van der Waals surface area contributed by atoms with Crippen molar-refractivity contribution in [3.05, 3.63) is 69.7 Å². The van der Waals surface area contributed by atoms with Gasteiger partial charge in [-0.3, -0.25) is 0 Å². The van der Waals surface area contributed by atoms with Crippen LogP contribution in [-0.2, 0) is 0 Å². The summed E-state index contributed by atoms with van der Waals surface area (Å²) in [7, 11) is 0. The van der Waals surface area contributed by atoms with E-state index >= 15 is 0 Å². The number of nitrogens with zero attached hydrogens (tertiary/aromatic N) is 1. The molecule has 3 heterocycles. The molecular formula is C21H23Cl2N. The van der Waals surface area contributed by atoms with Gasteiger partial charge in [0, 0.05) is 22.0 Å². The predicted molar refractivity (Wildman–Crippen MR) is 102 cm³/mol. The summed E-state index contributed by atoms with van der Waals surface area (Å²) in [5, 5.41) is 1.60. The largest absolute Gasteiger partial charge is 0.300 e. The van der Waals surface area contributed by atoms with Gasteiger partial charge >= 0.3 is 0 Å². The number of rotatable bonds is 4. The lowest BCUT2D eigenvalue weighted by Crippen LogP contribution is -2.49. The minimum absolute atomic E-state index is 0.406. The fourth-order valence-corrected chi connectivity index (χ4v) is 4.71. The molecule has 3 aliphatic rings. The van der Waals surface area contributed by atoms with Crippen LogP contribution >= 0.6 is 23.2 Å². The van der Waals surface area contributed by atoms with Gasteiger partial charge in [0.2, 0.25) is 0 Å². The third-order valence-electron chi connectivity index (χ3n) is 5.82. The maximum atomic E-state index is 6.10. The van der Waals surface area contributed by atoms with E-state index in [0.717, 1.165) is 16.0 Å². The van der Waals surface area contributed by atoms with Crippen molar-refractivity contribution in [2.45, 2.75) is 37.6 Å². The molecule has 0 spiro atoms. The molecule has 2 aromatic carbocycles. The van der Waals surface area contributed by atoms with Crippen molar-refractivity contribution < 1.29 is 0 Å². The van der Waals surface area contributed by atoms with E-state index in [1.54, 1.807) is 0 Å². The Bertz CT molecular complexity index is 626. The fourth-order valence-electron chi connectivity index (χ4n) is 4.46. The SMILES string of the molecule is Clc1ccc(C(CC2CC3CCN2CC3)c2ccc(Cl)cc2)cc1. The molecule has 126 valence electrons. The van der Waals surface area contributed by atoms with Crippen LogP contribution in [-0.4, -0.2) is 24.0 Å². The number of hydrogen-bond acceptors (Lipinski definition) is 1. The minimum Gasteiger partial charge on any atom is -0.300 e. The molecular weight excluding hydrogens is 337 g/mol. The van der Waals surface area contributed by atoms with E-state index < -0.39 is 0 Å². The first kappa shape index (κ1) is 16.4. The minimum atomic E-state index is 0.406. The topological polar surface area (TPSA) is 3.24 Å². The maximum absolute atomic E-state index is 6.10. The molecule has 0 radical (unpaired) electrons. The fraction of sp³-hybridized carbons (Fsp3) is 0.429. The van der Waals surface area contributed by atoms with Gasteiger partial charge in [-0.15, -0.1) is 0 Å². The van der Waals surface area contributed by atoms with Crippen LogP contribution < -0.4 is 0 Å². The Balaban J connectivity index is 1.62. The predicted octanol–water partition coefficient (Wildman–Crippen LogP) is 6.00. The normalized spacial score (nSPS) is 26.0. The number of hydrogen-bond donors (Lipinski definition) is 0. The van der Waals surface area contributed by atoms with E-state index in [0.29, 0.717) is 12.0 Å². The second kappa shape index (κ2) is 7.07. The third-order valence-corrected chi connectivity index (χ3v) is 6.33. The highest BCUT2D eigenvalue weighted by molar-refractivity contribution is 6.30. The average Bonchev–Trinajstić information content (AvgIpc) is 2.62. The molecule has 1 unspecified atom stereocenters. The van der Waals surface area contributed by atoms with Gasteiger partial charge in [0.25, 0.3) is 0 Å². The first-order chi connectivity index (χ1) is 11.7. The summed E-state index contributed by atoms with van der Waals surface area (Å²) >= 11 is 12.2. The number of halogens is 2. The van der Waals surface area contributed by atoms with Crippen LogP contribution in [0.5, 0.6) is 0 Å². The van der Waals surface area contributed by atoms with E-state index in [1.165, 1.54) is 49.9 Å². The highest BCUT2D eigenvalue weighted by Gasteiger charge is 2.35. The molecule has 3 heteroatoms. The number of benzene rings is 2. The summed E-state index contributed by atoms with van der Waals surface area (Å²) in [4.78, 5) is 2.71. The smallest absolute Gasteiger partial charge is 0.0406 e. The Kier molecular flexibility index (Phi) is 4.85. The van der Waals surface area contributed by atoms with Gasteiger partial charge in [0.15, 0.2) is 0 Å². The summed E-state index contributed by atoms with van der Waals surface area (Å²) in [6.45, 7) is 2.56. The lowest BCUT2D eigenvalue weighted by atomic mass is 9.77. The molecule has 5 rings (SSSR count). The summed E-state index contributed by atoms with van der Waals surface area (Å²) < 4.78 is 0. The summed E-state index contributed by atoms with van der Waals surface area (Å²) in [6, 6.07) is 17.4. The lowest BCUT2D eigenvalue weighted by molar-refractivity contribution is 0.0431. The van der Waals surface area contributed by atoms with E-state index in [9.17, 15) is 0 Å². The van der Waals surface area contributed by atoms with Crippen molar-refractivity contribution in [2.75, 3.05) is 13.1 Å². The van der Waals surface area contributed by atoms with E-state index in [4.69, 9.17) is 23.2 Å². The zero-order chi connectivity index (χ0) is 16.5. The Labute approximate surface area is 154 Å². The summed E-state index contributed by atoms with van der Waals surface area (Å²) in [5.74, 6) is 1.35. The second-order valence-electron chi connectivity index (χ2n) is 7.26. The van der Waals surface area contributed by atoms with Crippen molar-refractivity contribution in [1.29, 1.82) is 0 Å². The Morgan fingerprint density at radius 2 is 1.33 bits per heavy atom. The molecule has 1 atom stereocenters. The quantitative estimate of drug-likeness (QED) is 0.646. The van der Waals surface area contributed by atoms with Gasteiger partial charge in [-0.1, -0.05) is 47.5 Å². The standard InChI is InChI=1S/C21H23Cl2N/c22-18-5-1-16(2-6-18)21(17-3-7-19(23)8-4-17)14-20-13-15-9-11-24(20)12-10-15/h1-8,15,20-21H,9-14H2. The molecule has 3 saturated heterocycles. The molecule has 2 bridgehead atoms. The summed E-state index contributed by atoms with van der Waals surface area (Å²) in [6.07, 6.45) is 5.32. The van der Waals surface area contributed by atoms with Crippen molar-refractivity contribution in [3.63, 3.8) is 0 Å². The molecule has 0 amide bonds. The lowest BCUT2D eigenvalue weighted by Gasteiger charge is -2.46. The second-order valence-corrected chi connectivity index (χ2v) is 8.13. The Morgan fingerprint density at radius 3 is 1.75 bits per heavy atom. The molecule has 0 aliphatic carbocycles. The molecule has 1 nitrogen and oxygen atoms in total. The van der Waals surface area contributed by atoms with Gasteiger partial charge in [-0.25, -0.2) is 0 Å². The molecule has 2 aromatic rings. The number of fused-ring (bicyclic) bond motifs is 3. The van der Waals surface area contributed by atoms with Crippen LogP contribution in [0.25, 0.3) is 0 Å². The van der Waals surface area contributed by atoms with Gasteiger partial charge < -0.3 is 4.90 Å². The van der Waals surface area contributed by atoms with E-state index in [2.05, 4.69) is 29.2 Å². The van der Waals surface area contributed by atoms with Crippen LogP contribution in [0.15, 0.2) is 48.5 Å². The molecule has 3 fully saturated rings. The summed E-state index contributed by atoms with van der Waals surface area (Å²) in [5.41, 5.74) is 2.70. The van der Waals surface area contributed by atoms with Gasteiger partial charge in [-0.05, 0) is 80.1 Å². The highest BCUT2D eigenvalue weighted by atomic mass is 35.5. The molecule has 24 heavy (non-hydrogen) atoms. The Hall–Kier alpha value is -1.02.